The molecule has 1 radical (unpaired) electrons. The third-order valence-corrected chi connectivity index (χ3v) is 1.74. The second-order valence-corrected chi connectivity index (χ2v) is 2.76. The van der Waals surface area contributed by atoms with Crippen molar-refractivity contribution in [3.05, 3.63) is 29.8 Å². The summed E-state index contributed by atoms with van der Waals surface area (Å²) in [6.45, 7) is 0. The fourth-order valence-electron chi connectivity index (χ4n) is 1.04. The van der Waals surface area contributed by atoms with Gasteiger partial charge in [-0.05, 0) is 0 Å². The van der Waals surface area contributed by atoms with Crippen LogP contribution in [0, 0.1) is 6.07 Å². The quantitative estimate of drug-likeness (QED) is 0.419. The monoisotopic (exact) mass is 258 g/mol. The Bertz CT molecular complexity index is 310. The summed E-state index contributed by atoms with van der Waals surface area (Å²) in [6.07, 6.45) is -1.87. The van der Waals surface area contributed by atoms with Gasteiger partial charge >= 0.3 is 0 Å². The van der Waals surface area contributed by atoms with Crippen molar-refractivity contribution in [1.82, 2.24) is 0 Å². The van der Waals surface area contributed by atoms with Crippen molar-refractivity contribution in [3.63, 3.8) is 0 Å². The first-order chi connectivity index (χ1) is 6.46. The van der Waals surface area contributed by atoms with E-state index >= 15 is 0 Å². The van der Waals surface area contributed by atoms with E-state index in [4.69, 9.17) is 20.1 Å². The first-order valence-electron chi connectivity index (χ1n) is 3.86. The van der Waals surface area contributed by atoms with Crippen molar-refractivity contribution in [1.29, 1.82) is 0 Å². The van der Waals surface area contributed by atoms with Gasteiger partial charge in [0.1, 0.15) is 6.10 Å². The minimum absolute atomic E-state index is 0. The average molecular weight is 258 g/mol. The third-order valence-electron chi connectivity index (χ3n) is 1.74. The summed E-state index contributed by atoms with van der Waals surface area (Å²) in [7, 11) is 1.36. The van der Waals surface area contributed by atoms with Crippen molar-refractivity contribution >= 4 is 0 Å². The van der Waals surface area contributed by atoms with E-state index in [0.29, 0.717) is 0 Å². The van der Waals surface area contributed by atoms with Gasteiger partial charge in [0.2, 0.25) is 0 Å². The van der Waals surface area contributed by atoms with Gasteiger partial charge in [-0.3, -0.25) is 0 Å². The summed E-state index contributed by atoms with van der Waals surface area (Å²) in [5, 5.41) is 35.6. The molecule has 0 aliphatic rings. The summed E-state index contributed by atoms with van der Waals surface area (Å²) in [5.41, 5.74) is 0.0440. The van der Waals surface area contributed by atoms with Crippen LogP contribution in [-0.2, 0) is 16.8 Å². The Kier molecular flexibility index (Phi) is 5.22. The molecule has 0 bridgehead atoms. The number of aliphatic hydroxyl groups is 4. The maximum absolute atomic E-state index is 9.32. The zero-order chi connectivity index (χ0) is 10.8. The summed E-state index contributed by atoms with van der Waals surface area (Å²) >= 11 is 0. The zero-order valence-corrected chi connectivity index (χ0v) is 8.88. The van der Waals surface area contributed by atoms with Crippen molar-refractivity contribution < 1.29 is 41.9 Å². The molecular weight excluding hydrogens is 247 g/mol. The minimum Gasteiger partial charge on any atom is -0.522 e. The summed E-state index contributed by atoms with van der Waals surface area (Å²) in [4.78, 5) is 0. The molecule has 1 unspecified atom stereocenters. The number of hydrogen-bond donors (Lipinski definition) is 4. The second-order valence-electron chi connectivity index (χ2n) is 2.76. The van der Waals surface area contributed by atoms with Gasteiger partial charge in [-0.15, -0.1) is 6.07 Å². The number of aliphatic hydroxyl groups excluding tert-OH is 1. The Morgan fingerprint density at radius 2 is 2.00 bits per heavy atom. The first kappa shape index (κ1) is 14.4. The van der Waals surface area contributed by atoms with Gasteiger partial charge in [-0.25, -0.2) is 0 Å². The molecule has 0 amide bonds. The van der Waals surface area contributed by atoms with E-state index in [0.717, 1.165) is 0 Å². The number of hydrogen-bond acceptors (Lipinski definition) is 5. The van der Waals surface area contributed by atoms with E-state index in [9.17, 15) is 5.11 Å². The van der Waals surface area contributed by atoms with Crippen LogP contribution in [0.25, 0.3) is 0 Å². The molecule has 6 heteroatoms. The van der Waals surface area contributed by atoms with Crippen LogP contribution in [-0.4, -0.2) is 33.5 Å². The van der Waals surface area contributed by atoms with E-state index < -0.39 is 12.1 Å². The topological polar surface area (TPSA) is 90.2 Å². The van der Waals surface area contributed by atoms with Crippen molar-refractivity contribution in [2.24, 2.45) is 0 Å². The van der Waals surface area contributed by atoms with Crippen molar-refractivity contribution in [3.8, 4) is 5.75 Å². The Hall–Kier alpha value is -0.634. The molecule has 1 atom stereocenters. The molecule has 0 saturated heterocycles. The maximum atomic E-state index is 9.32. The molecular formula is C9H11CoO5-. The molecule has 87 valence electrons. The van der Waals surface area contributed by atoms with E-state index in [-0.39, 0.29) is 28.1 Å². The van der Waals surface area contributed by atoms with Gasteiger partial charge in [-0.1, -0.05) is 5.56 Å². The second kappa shape index (κ2) is 5.45. The van der Waals surface area contributed by atoms with Crippen LogP contribution < -0.4 is 4.74 Å². The Morgan fingerprint density at radius 3 is 2.47 bits per heavy atom. The third kappa shape index (κ3) is 3.45. The van der Waals surface area contributed by atoms with Gasteiger partial charge in [0, 0.05) is 22.5 Å². The molecule has 1 aromatic carbocycles. The van der Waals surface area contributed by atoms with Crippen molar-refractivity contribution in [2.75, 3.05) is 7.11 Å². The van der Waals surface area contributed by atoms with E-state index in [1.807, 2.05) is 0 Å². The van der Waals surface area contributed by atoms with Crippen LogP contribution in [0.4, 0.5) is 0 Å². The molecule has 0 heterocycles. The van der Waals surface area contributed by atoms with Crippen molar-refractivity contribution in [2.45, 2.75) is 12.1 Å². The molecule has 1 rings (SSSR count). The van der Waals surface area contributed by atoms with Gasteiger partial charge in [0.05, 0.1) is 7.11 Å². The smallest absolute Gasteiger partial charge is 0.296 e. The standard InChI is InChI=1S/C9H11O5.Co/c1-14-7-5-3-2-4-6(7)8(10)9(11,12)13;/h3-5,8,10-13H,1H3;/q-1;. The van der Waals surface area contributed by atoms with Crippen LogP contribution >= 0.6 is 0 Å². The fraction of sp³-hybridized carbons (Fsp3) is 0.333. The summed E-state index contributed by atoms with van der Waals surface area (Å²) in [5.74, 6) is -2.96. The molecule has 0 saturated carbocycles. The Morgan fingerprint density at radius 1 is 1.40 bits per heavy atom. The molecule has 1 aromatic rings. The Labute approximate surface area is 97.1 Å². The molecule has 0 aliphatic heterocycles. The van der Waals surface area contributed by atoms with Gasteiger partial charge in [-0.2, -0.15) is 18.2 Å². The SMILES string of the molecule is COc1cc[c-]cc1C(O)C(O)(O)O.[Co]. The number of rotatable bonds is 3. The molecule has 0 aliphatic carbocycles. The van der Waals surface area contributed by atoms with Crippen LogP contribution in [0.15, 0.2) is 18.2 Å². The maximum Gasteiger partial charge on any atom is 0.296 e. The van der Waals surface area contributed by atoms with Crippen LogP contribution in [0.5, 0.6) is 5.75 Å². The van der Waals surface area contributed by atoms with Crippen LogP contribution in [0.1, 0.15) is 11.7 Å². The van der Waals surface area contributed by atoms with E-state index in [1.165, 1.54) is 25.3 Å². The molecule has 4 N–H and O–H groups in total. The van der Waals surface area contributed by atoms with Gasteiger partial charge in [0.15, 0.2) is 0 Å². The Balaban J connectivity index is 0.00000196. The van der Waals surface area contributed by atoms with E-state index in [2.05, 4.69) is 6.07 Å². The summed E-state index contributed by atoms with van der Waals surface area (Å²) in [6, 6.07) is 6.92. The largest absolute Gasteiger partial charge is 0.522 e. The minimum atomic E-state index is -3.19. The predicted octanol–water partition coefficient (Wildman–Crippen LogP) is -0.843. The van der Waals surface area contributed by atoms with E-state index in [1.54, 1.807) is 0 Å². The van der Waals surface area contributed by atoms with Crippen LogP contribution in [0.2, 0.25) is 0 Å². The molecule has 0 aromatic heterocycles. The van der Waals surface area contributed by atoms with Gasteiger partial charge < -0.3 is 25.2 Å². The molecule has 0 fully saturated rings. The molecule has 15 heavy (non-hydrogen) atoms. The predicted molar refractivity (Wildman–Crippen MR) is 46.2 cm³/mol. The fourth-order valence-corrected chi connectivity index (χ4v) is 1.04. The molecule has 5 nitrogen and oxygen atoms in total. The number of methoxy groups -OCH3 is 1. The van der Waals surface area contributed by atoms with Crippen LogP contribution in [0.3, 0.4) is 0 Å². The summed E-state index contributed by atoms with van der Waals surface area (Å²) < 4.78 is 4.85. The first-order valence-corrected chi connectivity index (χ1v) is 3.86. The molecule has 0 spiro atoms. The zero-order valence-electron chi connectivity index (χ0n) is 7.84. The average Bonchev–Trinajstić information content (AvgIpc) is 2.15. The van der Waals surface area contributed by atoms with Gasteiger partial charge in [0.25, 0.3) is 5.97 Å². The number of ether oxygens (including phenoxy) is 1. The normalized spacial score (nSPS) is 12.9. The number of benzene rings is 1.